The second kappa shape index (κ2) is 8.16. The van der Waals surface area contributed by atoms with E-state index in [1.807, 2.05) is 13.8 Å². The van der Waals surface area contributed by atoms with Gasteiger partial charge in [0, 0.05) is 12.2 Å². The maximum atomic E-state index is 12.0. The summed E-state index contributed by atoms with van der Waals surface area (Å²) in [7, 11) is 0. The lowest BCUT2D eigenvalue weighted by molar-refractivity contribution is -0.135. The first kappa shape index (κ1) is 16.0. The number of hydrogen-bond donors (Lipinski definition) is 2. The Morgan fingerprint density at radius 1 is 1.30 bits per heavy atom. The fourth-order valence-electron chi connectivity index (χ4n) is 1.57. The average Bonchev–Trinajstić information content (AvgIpc) is 2.41. The predicted octanol–water partition coefficient (Wildman–Crippen LogP) is 1.71. The second-order valence-electron chi connectivity index (χ2n) is 4.47. The zero-order chi connectivity index (χ0) is 15.0. The van der Waals surface area contributed by atoms with E-state index >= 15 is 0 Å². The number of carboxylic acids is 1. The monoisotopic (exact) mass is 280 g/mol. The number of anilines is 1. The molecule has 1 aromatic carbocycles. The van der Waals surface area contributed by atoms with Crippen LogP contribution < -0.4 is 10.2 Å². The molecular weight excluding hydrogens is 260 g/mol. The summed E-state index contributed by atoms with van der Waals surface area (Å²) in [5.41, 5.74) is 0.539. The van der Waals surface area contributed by atoms with E-state index in [-0.39, 0.29) is 12.6 Å². The molecule has 0 aliphatic rings. The van der Waals surface area contributed by atoms with Crippen molar-refractivity contribution in [3.63, 3.8) is 0 Å². The molecule has 1 aromatic rings. The van der Waals surface area contributed by atoms with Crippen molar-refractivity contribution in [2.24, 2.45) is 0 Å². The van der Waals surface area contributed by atoms with E-state index in [2.05, 4.69) is 5.32 Å². The Morgan fingerprint density at radius 2 is 1.95 bits per heavy atom. The maximum absolute atomic E-state index is 12.0. The van der Waals surface area contributed by atoms with Gasteiger partial charge in [0.1, 0.15) is 6.54 Å². The molecule has 0 aromatic heterocycles. The molecule has 0 saturated carbocycles. The smallest absolute Gasteiger partial charge is 0.323 e. The highest BCUT2D eigenvalue weighted by atomic mass is 16.5. The van der Waals surface area contributed by atoms with Crippen molar-refractivity contribution in [1.29, 1.82) is 0 Å². The number of carbonyl (C=O) groups excluding carboxylic acids is 1. The molecule has 2 N–H and O–H groups in total. The highest BCUT2D eigenvalue weighted by Crippen LogP contribution is 2.12. The minimum absolute atomic E-state index is 0.0937. The number of carbonyl (C=O) groups is 2. The number of ether oxygens (including phenoxy) is 1. The van der Waals surface area contributed by atoms with Crippen LogP contribution in [0.2, 0.25) is 0 Å². The number of amides is 2. The van der Waals surface area contributed by atoms with Gasteiger partial charge in [0.25, 0.3) is 0 Å². The Hall–Kier alpha value is -2.08. The molecule has 0 saturated heterocycles. The second-order valence-corrected chi connectivity index (χ2v) is 4.47. The minimum Gasteiger partial charge on any atom is -0.480 e. The summed E-state index contributed by atoms with van der Waals surface area (Å²) in [6.07, 6.45) is 0.0937. The highest BCUT2D eigenvalue weighted by molar-refractivity contribution is 5.96. The van der Waals surface area contributed by atoms with Gasteiger partial charge in [0.15, 0.2) is 0 Å². The van der Waals surface area contributed by atoms with Gasteiger partial charge in [-0.25, -0.2) is 4.79 Å². The van der Waals surface area contributed by atoms with Crippen LogP contribution in [0.1, 0.15) is 13.8 Å². The summed E-state index contributed by atoms with van der Waals surface area (Å²) >= 11 is 0. The topological polar surface area (TPSA) is 78.9 Å². The first-order valence-electron chi connectivity index (χ1n) is 6.44. The maximum Gasteiger partial charge on any atom is 0.323 e. The number of rotatable bonds is 7. The van der Waals surface area contributed by atoms with Gasteiger partial charge in [-0.3, -0.25) is 9.69 Å². The van der Waals surface area contributed by atoms with Crippen LogP contribution in [0, 0.1) is 0 Å². The van der Waals surface area contributed by atoms with Gasteiger partial charge in [-0.1, -0.05) is 18.2 Å². The van der Waals surface area contributed by atoms with E-state index in [9.17, 15) is 9.59 Å². The summed E-state index contributed by atoms with van der Waals surface area (Å²) < 4.78 is 5.31. The fourth-order valence-corrected chi connectivity index (χ4v) is 1.57. The van der Waals surface area contributed by atoms with Gasteiger partial charge in [0.2, 0.25) is 0 Å². The molecule has 6 nitrogen and oxygen atoms in total. The lowest BCUT2D eigenvalue weighted by Gasteiger charge is -2.21. The third kappa shape index (κ3) is 5.71. The van der Waals surface area contributed by atoms with Gasteiger partial charge < -0.3 is 15.2 Å². The quantitative estimate of drug-likeness (QED) is 0.745. The molecule has 0 spiro atoms. The van der Waals surface area contributed by atoms with Crippen LogP contribution in [0.3, 0.4) is 0 Å². The van der Waals surface area contributed by atoms with E-state index < -0.39 is 12.0 Å². The number of nitrogens with zero attached hydrogens (tertiary/aromatic N) is 1. The van der Waals surface area contributed by atoms with Gasteiger partial charge in [0.05, 0.1) is 12.7 Å². The zero-order valence-corrected chi connectivity index (χ0v) is 11.7. The first-order valence-corrected chi connectivity index (χ1v) is 6.44. The SMILES string of the molecule is CC(C)OCCNC(=O)N(CC(=O)O)c1ccccc1. The largest absolute Gasteiger partial charge is 0.480 e. The molecule has 6 heteroatoms. The van der Waals surface area contributed by atoms with Gasteiger partial charge >= 0.3 is 12.0 Å². The summed E-state index contributed by atoms with van der Waals surface area (Å²) in [6.45, 7) is 4.14. The number of para-hydroxylation sites is 1. The van der Waals surface area contributed by atoms with Gasteiger partial charge in [-0.2, -0.15) is 0 Å². The standard InChI is InChI=1S/C14H20N2O4/c1-11(2)20-9-8-15-14(19)16(10-13(17)18)12-6-4-3-5-7-12/h3-7,11H,8-10H2,1-2H3,(H,15,19)(H,17,18). The molecular formula is C14H20N2O4. The van der Waals surface area contributed by atoms with E-state index in [0.717, 1.165) is 0 Å². The summed E-state index contributed by atoms with van der Waals surface area (Å²) in [6, 6.07) is 8.22. The zero-order valence-electron chi connectivity index (χ0n) is 11.7. The molecule has 0 bridgehead atoms. The van der Waals surface area contributed by atoms with E-state index in [0.29, 0.717) is 18.8 Å². The number of hydrogen-bond acceptors (Lipinski definition) is 3. The average molecular weight is 280 g/mol. The normalized spacial score (nSPS) is 10.3. The van der Waals surface area contributed by atoms with Crippen LogP contribution in [0.4, 0.5) is 10.5 Å². The number of carboxylic acid groups (broad SMARTS) is 1. The van der Waals surface area contributed by atoms with Crippen LogP contribution in [0.5, 0.6) is 0 Å². The van der Waals surface area contributed by atoms with Crippen LogP contribution in [0.25, 0.3) is 0 Å². The van der Waals surface area contributed by atoms with Crippen molar-refractivity contribution in [2.45, 2.75) is 20.0 Å². The van der Waals surface area contributed by atoms with Crippen LogP contribution in [0.15, 0.2) is 30.3 Å². The Balaban J connectivity index is 2.59. The first-order chi connectivity index (χ1) is 9.50. The molecule has 0 unspecified atom stereocenters. The number of nitrogens with one attached hydrogen (secondary N) is 1. The van der Waals surface area contributed by atoms with E-state index in [1.54, 1.807) is 30.3 Å². The third-order valence-corrected chi connectivity index (χ3v) is 2.44. The van der Waals surface area contributed by atoms with Crippen LogP contribution in [-0.2, 0) is 9.53 Å². The van der Waals surface area contributed by atoms with Crippen molar-refractivity contribution >= 4 is 17.7 Å². The molecule has 0 radical (unpaired) electrons. The van der Waals surface area contributed by atoms with E-state index in [1.165, 1.54) is 4.90 Å². The Kier molecular flexibility index (Phi) is 6.52. The van der Waals surface area contributed by atoms with Gasteiger partial charge in [-0.05, 0) is 26.0 Å². The number of aliphatic carboxylic acids is 1. The number of benzene rings is 1. The summed E-state index contributed by atoms with van der Waals surface area (Å²) in [5, 5.41) is 11.5. The molecule has 0 atom stereocenters. The Bertz CT molecular complexity index is 434. The van der Waals surface area contributed by atoms with E-state index in [4.69, 9.17) is 9.84 Å². The molecule has 20 heavy (non-hydrogen) atoms. The minimum atomic E-state index is -1.07. The van der Waals surface area contributed by atoms with Crippen molar-refractivity contribution in [3.8, 4) is 0 Å². The molecule has 1 rings (SSSR count). The molecule has 0 aliphatic carbocycles. The van der Waals surface area contributed by atoms with Gasteiger partial charge in [-0.15, -0.1) is 0 Å². The molecule has 0 fully saturated rings. The molecule has 0 aliphatic heterocycles. The summed E-state index contributed by atoms with van der Waals surface area (Å²) in [5.74, 6) is -1.07. The lowest BCUT2D eigenvalue weighted by atomic mass is 10.3. The molecule has 110 valence electrons. The van der Waals surface area contributed by atoms with Crippen molar-refractivity contribution < 1.29 is 19.4 Å². The summed E-state index contributed by atoms with van der Waals surface area (Å²) in [4.78, 5) is 24.1. The molecule has 2 amide bonds. The van der Waals surface area contributed by atoms with Crippen LogP contribution >= 0.6 is 0 Å². The predicted molar refractivity (Wildman–Crippen MR) is 75.9 cm³/mol. The van der Waals surface area contributed by atoms with Crippen molar-refractivity contribution in [2.75, 3.05) is 24.6 Å². The third-order valence-electron chi connectivity index (χ3n) is 2.44. The number of urea groups is 1. The molecule has 0 heterocycles. The van der Waals surface area contributed by atoms with Crippen molar-refractivity contribution in [3.05, 3.63) is 30.3 Å². The Morgan fingerprint density at radius 3 is 2.50 bits per heavy atom. The van der Waals surface area contributed by atoms with Crippen LogP contribution in [-0.4, -0.2) is 42.9 Å². The fraction of sp³-hybridized carbons (Fsp3) is 0.429. The lowest BCUT2D eigenvalue weighted by Crippen LogP contribution is -2.44. The highest BCUT2D eigenvalue weighted by Gasteiger charge is 2.18. The Labute approximate surface area is 118 Å². The van der Waals surface area contributed by atoms with Crippen molar-refractivity contribution in [1.82, 2.24) is 5.32 Å².